The van der Waals surface area contributed by atoms with E-state index in [-0.39, 0.29) is 5.91 Å². The number of thiazole rings is 1. The third-order valence-corrected chi connectivity index (χ3v) is 6.11. The van der Waals surface area contributed by atoms with Gasteiger partial charge in [-0.05, 0) is 30.7 Å². The predicted molar refractivity (Wildman–Crippen MR) is 123 cm³/mol. The lowest BCUT2D eigenvalue weighted by atomic mass is 10.1. The SMILES string of the molecule is COc1cc(Br)c(C=C2C(=O)N(c3nc(-c4ccccc4)cs3)N=C2C)cc1OC. The topological polar surface area (TPSA) is 64.0 Å². The van der Waals surface area contributed by atoms with Gasteiger partial charge in [-0.25, -0.2) is 4.98 Å². The summed E-state index contributed by atoms with van der Waals surface area (Å²) in [6, 6.07) is 13.5. The van der Waals surface area contributed by atoms with E-state index in [1.165, 1.54) is 16.3 Å². The number of rotatable bonds is 5. The van der Waals surface area contributed by atoms with E-state index in [9.17, 15) is 4.79 Å². The molecule has 1 aliphatic rings. The maximum Gasteiger partial charge on any atom is 0.282 e. The van der Waals surface area contributed by atoms with Gasteiger partial charge in [0, 0.05) is 15.4 Å². The predicted octanol–water partition coefficient (Wildman–Crippen LogP) is 5.40. The van der Waals surface area contributed by atoms with Crippen LogP contribution in [0.4, 0.5) is 5.13 Å². The van der Waals surface area contributed by atoms with Gasteiger partial charge in [0.1, 0.15) is 0 Å². The van der Waals surface area contributed by atoms with Crippen LogP contribution in [0.1, 0.15) is 12.5 Å². The fourth-order valence-corrected chi connectivity index (χ4v) is 4.27. The van der Waals surface area contributed by atoms with Crippen LogP contribution in [0.15, 0.2) is 63.0 Å². The molecule has 2 heterocycles. The first-order valence-corrected chi connectivity index (χ1v) is 10.7. The molecule has 0 bridgehead atoms. The van der Waals surface area contributed by atoms with Crippen LogP contribution in [0.25, 0.3) is 17.3 Å². The number of anilines is 1. The van der Waals surface area contributed by atoms with E-state index in [1.807, 2.05) is 54.8 Å². The second-order valence-corrected chi connectivity index (χ2v) is 8.16. The van der Waals surface area contributed by atoms with Crippen molar-refractivity contribution in [3.8, 4) is 22.8 Å². The summed E-state index contributed by atoms with van der Waals surface area (Å²) in [6.45, 7) is 1.81. The Kier molecular flexibility index (Phi) is 5.69. The van der Waals surface area contributed by atoms with E-state index in [1.54, 1.807) is 20.3 Å². The number of carbonyl (C=O) groups is 1. The van der Waals surface area contributed by atoms with Crippen LogP contribution in [0.3, 0.4) is 0 Å². The van der Waals surface area contributed by atoms with Gasteiger partial charge < -0.3 is 9.47 Å². The summed E-state index contributed by atoms with van der Waals surface area (Å²) in [5.74, 6) is 0.965. The smallest absolute Gasteiger partial charge is 0.282 e. The van der Waals surface area contributed by atoms with Crippen molar-refractivity contribution in [3.63, 3.8) is 0 Å². The second kappa shape index (κ2) is 8.41. The number of nitrogens with zero attached hydrogens (tertiary/aromatic N) is 3. The minimum absolute atomic E-state index is 0.219. The van der Waals surface area contributed by atoms with Crippen LogP contribution in [-0.2, 0) is 4.79 Å². The number of amides is 1. The van der Waals surface area contributed by atoms with Gasteiger partial charge in [0.05, 0.1) is 31.2 Å². The molecule has 3 aromatic rings. The zero-order valence-corrected chi connectivity index (χ0v) is 19.0. The molecule has 0 atom stereocenters. The molecule has 0 N–H and O–H groups in total. The Bertz CT molecular complexity index is 1170. The third kappa shape index (κ3) is 3.76. The fourth-order valence-electron chi connectivity index (χ4n) is 3.05. The first-order chi connectivity index (χ1) is 14.5. The highest BCUT2D eigenvalue weighted by molar-refractivity contribution is 9.10. The molecular formula is C22H18BrN3O3S. The van der Waals surface area contributed by atoms with E-state index >= 15 is 0 Å². The number of benzene rings is 2. The Hall–Kier alpha value is -2.97. The summed E-state index contributed by atoms with van der Waals surface area (Å²) < 4.78 is 11.5. The first-order valence-electron chi connectivity index (χ1n) is 9.06. The standard InChI is InChI=1S/C22H18BrN3O3S/c1-13-16(9-15-10-19(28-2)20(29-3)11-17(15)23)21(27)26(25-13)22-24-18(12-30-22)14-7-5-4-6-8-14/h4-12H,1-3H3. The molecule has 6 nitrogen and oxygen atoms in total. The monoisotopic (exact) mass is 483 g/mol. The van der Waals surface area contributed by atoms with Crippen LogP contribution >= 0.6 is 27.3 Å². The summed E-state index contributed by atoms with van der Waals surface area (Å²) in [5, 5.41) is 8.25. The van der Waals surface area contributed by atoms with Crippen LogP contribution in [0.2, 0.25) is 0 Å². The van der Waals surface area contributed by atoms with Gasteiger partial charge in [-0.3, -0.25) is 4.79 Å². The van der Waals surface area contributed by atoms with Gasteiger partial charge in [0.15, 0.2) is 11.5 Å². The summed E-state index contributed by atoms with van der Waals surface area (Å²) in [5.41, 5.74) is 3.72. The number of halogens is 1. The van der Waals surface area contributed by atoms with Gasteiger partial charge in [-0.1, -0.05) is 46.3 Å². The number of hydrogen-bond acceptors (Lipinski definition) is 6. The zero-order chi connectivity index (χ0) is 21.3. The third-order valence-electron chi connectivity index (χ3n) is 4.61. The van der Waals surface area contributed by atoms with Crippen molar-refractivity contribution in [3.05, 3.63) is 63.5 Å². The molecule has 1 aromatic heterocycles. The molecule has 1 aliphatic heterocycles. The minimum atomic E-state index is -0.219. The molecule has 2 aromatic carbocycles. The number of hydrazone groups is 1. The molecule has 0 spiro atoms. The van der Waals surface area contributed by atoms with Crippen LogP contribution in [0, 0.1) is 0 Å². The summed E-state index contributed by atoms with van der Waals surface area (Å²) in [6.07, 6.45) is 1.79. The van der Waals surface area contributed by atoms with E-state index in [2.05, 4.69) is 26.0 Å². The fraction of sp³-hybridized carbons (Fsp3) is 0.136. The van der Waals surface area contributed by atoms with Crippen molar-refractivity contribution < 1.29 is 14.3 Å². The van der Waals surface area contributed by atoms with E-state index < -0.39 is 0 Å². The summed E-state index contributed by atoms with van der Waals surface area (Å²) in [4.78, 5) is 17.7. The average Bonchev–Trinajstić information content (AvgIpc) is 3.35. The molecule has 0 fully saturated rings. The number of carbonyl (C=O) groups excluding carboxylic acids is 1. The van der Waals surface area contributed by atoms with Crippen LogP contribution in [-0.4, -0.2) is 30.8 Å². The maximum atomic E-state index is 13.1. The molecule has 30 heavy (non-hydrogen) atoms. The van der Waals surface area contributed by atoms with E-state index in [4.69, 9.17) is 9.47 Å². The summed E-state index contributed by atoms with van der Waals surface area (Å²) in [7, 11) is 3.15. The molecule has 0 aliphatic carbocycles. The molecule has 0 saturated carbocycles. The second-order valence-electron chi connectivity index (χ2n) is 6.47. The Labute approximate surface area is 186 Å². The number of hydrogen-bond donors (Lipinski definition) is 0. The van der Waals surface area contributed by atoms with Crippen molar-refractivity contribution in [1.82, 2.24) is 4.98 Å². The van der Waals surface area contributed by atoms with Gasteiger partial charge in [-0.15, -0.1) is 11.3 Å². The number of methoxy groups -OCH3 is 2. The zero-order valence-electron chi connectivity index (χ0n) is 16.5. The number of aromatic nitrogens is 1. The van der Waals surface area contributed by atoms with Crippen molar-refractivity contribution in [2.45, 2.75) is 6.92 Å². The molecule has 0 radical (unpaired) electrons. The van der Waals surface area contributed by atoms with Gasteiger partial charge in [0.2, 0.25) is 5.13 Å². The Morgan fingerprint density at radius 1 is 1.10 bits per heavy atom. The van der Waals surface area contributed by atoms with E-state index in [0.717, 1.165) is 21.3 Å². The largest absolute Gasteiger partial charge is 0.493 e. The Morgan fingerprint density at radius 3 is 2.50 bits per heavy atom. The molecule has 152 valence electrons. The van der Waals surface area contributed by atoms with Crippen molar-refractivity contribution in [2.75, 3.05) is 19.2 Å². The number of ether oxygens (including phenoxy) is 2. The highest BCUT2D eigenvalue weighted by Crippen LogP contribution is 2.36. The van der Waals surface area contributed by atoms with Gasteiger partial charge >= 0.3 is 0 Å². The van der Waals surface area contributed by atoms with Crippen LogP contribution in [0.5, 0.6) is 11.5 Å². The molecule has 4 rings (SSSR count). The maximum absolute atomic E-state index is 13.1. The lowest BCUT2D eigenvalue weighted by Gasteiger charge is -2.10. The Morgan fingerprint density at radius 2 is 1.80 bits per heavy atom. The van der Waals surface area contributed by atoms with Crippen molar-refractivity contribution >= 4 is 50.1 Å². The summed E-state index contributed by atoms with van der Waals surface area (Å²) >= 11 is 4.92. The van der Waals surface area contributed by atoms with Gasteiger partial charge in [0.25, 0.3) is 5.91 Å². The normalized spacial score (nSPS) is 14.9. The Balaban J connectivity index is 1.66. The van der Waals surface area contributed by atoms with E-state index in [0.29, 0.717) is 27.9 Å². The first kappa shape index (κ1) is 20.3. The highest BCUT2D eigenvalue weighted by Gasteiger charge is 2.31. The average molecular weight is 484 g/mol. The lowest BCUT2D eigenvalue weighted by Crippen LogP contribution is -2.21. The molecule has 0 unspecified atom stereocenters. The van der Waals surface area contributed by atoms with Crippen LogP contribution < -0.4 is 14.5 Å². The lowest BCUT2D eigenvalue weighted by molar-refractivity contribution is -0.114. The minimum Gasteiger partial charge on any atom is -0.493 e. The van der Waals surface area contributed by atoms with Gasteiger partial charge in [-0.2, -0.15) is 10.1 Å². The molecule has 0 saturated heterocycles. The highest BCUT2D eigenvalue weighted by atomic mass is 79.9. The molecule has 8 heteroatoms. The molecular weight excluding hydrogens is 466 g/mol. The van der Waals surface area contributed by atoms with Crippen molar-refractivity contribution in [1.29, 1.82) is 0 Å². The van der Waals surface area contributed by atoms with Crippen molar-refractivity contribution in [2.24, 2.45) is 5.10 Å². The quantitative estimate of drug-likeness (QED) is 0.456. The molecule has 1 amide bonds.